The van der Waals surface area contributed by atoms with Gasteiger partial charge in [0, 0.05) is 6.54 Å². The zero-order valence-corrected chi connectivity index (χ0v) is 12.3. The highest BCUT2D eigenvalue weighted by Gasteiger charge is 2.35. The molecule has 0 saturated carbocycles. The van der Waals surface area contributed by atoms with Gasteiger partial charge in [0.05, 0.1) is 17.1 Å². The van der Waals surface area contributed by atoms with Gasteiger partial charge in [-0.2, -0.15) is 5.10 Å². The Morgan fingerprint density at radius 3 is 2.78 bits per heavy atom. The van der Waals surface area contributed by atoms with Crippen LogP contribution in [0.4, 0.5) is 5.69 Å². The number of nitro groups is 1. The van der Waals surface area contributed by atoms with E-state index in [1.54, 1.807) is 4.90 Å². The second-order valence-corrected chi connectivity index (χ2v) is 5.52. The number of nitrogens with zero attached hydrogens (tertiary/aromatic N) is 4. The van der Waals surface area contributed by atoms with Crippen molar-refractivity contribution in [2.24, 2.45) is 0 Å². The number of amides is 1. The number of carbonyl (C=O) groups excluding carboxylic acids is 1. The first-order valence-electron chi connectivity index (χ1n) is 7.24. The van der Waals surface area contributed by atoms with Crippen molar-refractivity contribution in [3.8, 4) is 0 Å². The summed E-state index contributed by atoms with van der Waals surface area (Å²) in [6.45, 7) is 0.158. The van der Waals surface area contributed by atoms with Crippen molar-refractivity contribution in [3.05, 3.63) is 58.4 Å². The molecular formula is C15H16N4O4. The molecule has 1 aliphatic heterocycles. The molecule has 2 aromatic rings. The minimum atomic E-state index is -0.573. The molecule has 2 heterocycles. The van der Waals surface area contributed by atoms with Crippen LogP contribution in [0.5, 0.6) is 0 Å². The van der Waals surface area contributed by atoms with Crippen LogP contribution in [0.15, 0.2) is 42.7 Å². The molecule has 8 heteroatoms. The molecule has 2 atom stereocenters. The van der Waals surface area contributed by atoms with E-state index in [4.69, 9.17) is 0 Å². The van der Waals surface area contributed by atoms with E-state index in [0.717, 1.165) is 11.8 Å². The van der Waals surface area contributed by atoms with Gasteiger partial charge in [0.25, 0.3) is 0 Å². The monoisotopic (exact) mass is 316 g/mol. The van der Waals surface area contributed by atoms with Crippen LogP contribution in [0.3, 0.4) is 0 Å². The molecule has 23 heavy (non-hydrogen) atoms. The maximum atomic E-state index is 12.5. The lowest BCUT2D eigenvalue weighted by Gasteiger charge is -2.24. The van der Waals surface area contributed by atoms with Gasteiger partial charge in [-0.1, -0.05) is 30.3 Å². The zero-order valence-electron chi connectivity index (χ0n) is 12.3. The summed E-state index contributed by atoms with van der Waals surface area (Å²) < 4.78 is 1.24. The Morgan fingerprint density at radius 2 is 2.13 bits per heavy atom. The van der Waals surface area contributed by atoms with Gasteiger partial charge in [0.1, 0.15) is 18.9 Å². The van der Waals surface area contributed by atoms with Crippen LogP contribution in [0, 0.1) is 10.1 Å². The number of rotatable bonds is 4. The Hall–Kier alpha value is -2.74. The molecular weight excluding hydrogens is 300 g/mol. The minimum absolute atomic E-state index is 0.0934. The normalized spacial score (nSPS) is 20.7. The molecule has 2 unspecified atom stereocenters. The number of aliphatic hydroxyl groups is 1. The Balaban J connectivity index is 1.75. The van der Waals surface area contributed by atoms with E-state index in [-0.39, 0.29) is 30.7 Å². The number of benzene rings is 1. The van der Waals surface area contributed by atoms with Crippen molar-refractivity contribution in [1.82, 2.24) is 14.7 Å². The van der Waals surface area contributed by atoms with E-state index >= 15 is 0 Å². The fourth-order valence-electron chi connectivity index (χ4n) is 2.84. The first-order chi connectivity index (χ1) is 11.0. The summed E-state index contributed by atoms with van der Waals surface area (Å²) in [4.78, 5) is 24.2. The molecule has 1 aliphatic rings. The number of carbonyl (C=O) groups is 1. The molecule has 0 spiro atoms. The average molecular weight is 316 g/mol. The van der Waals surface area contributed by atoms with Gasteiger partial charge in [0.2, 0.25) is 5.91 Å². The number of hydrogen-bond donors (Lipinski definition) is 1. The lowest BCUT2D eigenvalue weighted by Crippen LogP contribution is -2.34. The van der Waals surface area contributed by atoms with Gasteiger partial charge in [-0.15, -0.1) is 0 Å². The van der Waals surface area contributed by atoms with Gasteiger partial charge in [0.15, 0.2) is 0 Å². The molecule has 120 valence electrons. The molecule has 8 nitrogen and oxygen atoms in total. The highest BCUT2D eigenvalue weighted by molar-refractivity contribution is 5.77. The highest BCUT2D eigenvalue weighted by atomic mass is 16.6. The molecule has 0 aliphatic carbocycles. The minimum Gasteiger partial charge on any atom is -0.391 e. The molecule has 1 fully saturated rings. The Bertz CT molecular complexity index is 715. The van der Waals surface area contributed by atoms with Crippen molar-refractivity contribution in [3.63, 3.8) is 0 Å². The Kier molecular flexibility index (Phi) is 4.07. The Labute approximate surface area is 132 Å². The predicted molar refractivity (Wildman–Crippen MR) is 80.4 cm³/mol. The summed E-state index contributed by atoms with van der Waals surface area (Å²) in [6, 6.07) is 9.32. The second-order valence-electron chi connectivity index (χ2n) is 5.52. The van der Waals surface area contributed by atoms with E-state index in [2.05, 4.69) is 5.10 Å². The third-order valence-corrected chi connectivity index (χ3v) is 3.91. The SMILES string of the molecule is O=C(Cn1cc([N+](=O)[O-])cn1)N1CC(O)CC1c1ccccc1. The molecule has 1 N–H and O–H groups in total. The van der Waals surface area contributed by atoms with Crippen LogP contribution < -0.4 is 0 Å². The van der Waals surface area contributed by atoms with E-state index in [0.29, 0.717) is 6.42 Å². The van der Waals surface area contributed by atoms with Crippen LogP contribution >= 0.6 is 0 Å². The lowest BCUT2D eigenvalue weighted by molar-refractivity contribution is -0.385. The highest BCUT2D eigenvalue weighted by Crippen LogP contribution is 2.32. The molecule has 1 amide bonds. The third kappa shape index (κ3) is 3.21. The fourth-order valence-corrected chi connectivity index (χ4v) is 2.84. The Morgan fingerprint density at radius 1 is 1.39 bits per heavy atom. The summed E-state index contributed by atoms with van der Waals surface area (Å²) in [5.41, 5.74) is 0.808. The average Bonchev–Trinajstić information content (AvgIpc) is 3.15. The summed E-state index contributed by atoms with van der Waals surface area (Å²) in [5.74, 6) is -0.228. The molecule has 0 radical (unpaired) electrons. The summed E-state index contributed by atoms with van der Waals surface area (Å²) >= 11 is 0. The quantitative estimate of drug-likeness (QED) is 0.673. The lowest BCUT2D eigenvalue weighted by atomic mass is 10.0. The van der Waals surface area contributed by atoms with Gasteiger partial charge >= 0.3 is 5.69 Å². The van der Waals surface area contributed by atoms with E-state index in [1.165, 1.54) is 10.9 Å². The molecule has 1 aromatic carbocycles. The van der Waals surface area contributed by atoms with Crippen LogP contribution in [-0.4, -0.2) is 43.3 Å². The first-order valence-corrected chi connectivity index (χ1v) is 7.24. The number of hydrogen-bond acceptors (Lipinski definition) is 5. The van der Waals surface area contributed by atoms with Crippen LogP contribution in [0.25, 0.3) is 0 Å². The van der Waals surface area contributed by atoms with Gasteiger partial charge in [-0.05, 0) is 12.0 Å². The van der Waals surface area contributed by atoms with Crippen molar-refractivity contribution in [2.45, 2.75) is 25.1 Å². The molecule has 3 rings (SSSR count). The molecule has 0 bridgehead atoms. The number of β-amino-alcohol motifs (C(OH)–C–C–N with tert-alkyl or cyclic N) is 1. The zero-order chi connectivity index (χ0) is 16.4. The predicted octanol–water partition coefficient (Wildman–Crippen LogP) is 1.13. The second kappa shape index (κ2) is 6.17. The first kappa shape index (κ1) is 15.2. The molecule has 1 saturated heterocycles. The summed E-state index contributed by atoms with van der Waals surface area (Å²) in [7, 11) is 0. The standard InChI is InChI=1S/C15H16N4O4/c20-13-6-14(11-4-2-1-3-5-11)18(9-13)15(21)10-17-8-12(7-16-17)19(22)23/h1-5,7-8,13-14,20H,6,9-10H2. The van der Waals surface area contributed by atoms with Crippen molar-refractivity contribution in [1.29, 1.82) is 0 Å². The van der Waals surface area contributed by atoms with Crippen molar-refractivity contribution in [2.75, 3.05) is 6.54 Å². The van der Waals surface area contributed by atoms with Gasteiger partial charge in [-0.25, -0.2) is 0 Å². The number of aliphatic hydroxyl groups excluding tert-OH is 1. The van der Waals surface area contributed by atoms with E-state index in [1.807, 2.05) is 30.3 Å². The van der Waals surface area contributed by atoms with Crippen LogP contribution in [0.1, 0.15) is 18.0 Å². The largest absolute Gasteiger partial charge is 0.391 e. The van der Waals surface area contributed by atoms with Gasteiger partial charge < -0.3 is 10.0 Å². The van der Waals surface area contributed by atoms with Crippen LogP contribution in [-0.2, 0) is 11.3 Å². The van der Waals surface area contributed by atoms with Gasteiger partial charge in [-0.3, -0.25) is 19.6 Å². The number of aromatic nitrogens is 2. The number of likely N-dealkylation sites (tertiary alicyclic amines) is 1. The van der Waals surface area contributed by atoms with E-state index < -0.39 is 11.0 Å². The summed E-state index contributed by atoms with van der Waals surface area (Å²) in [6.07, 6.45) is 2.24. The summed E-state index contributed by atoms with van der Waals surface area (Å²) in [5, 5.41) is 24.4. The topological polar surface area (TPSA) is 102 Å². The van der Waals surface area contributed by atoms with Crippen LogP contribution in [0.2, 0.25) is 0 Å². The van der Waals surface area contributed by atoms with Crippen molar-refractivity contribution >= 4 is 11.6 Å². The van der Waals surface area contributed by atoms with Crippen molar-refractivity contribution < 1.29 is 14.8 Å². The smallest absolute Gasteiger partial charge is 0.307 e. The van der Waals surface area contributed by atoms with E-state index in [9.17, 15) is 20.0 Å². The third-order valence-electron chi connectivity index (χ3n) is 3.91. The molecule has 1 aromatic heterocycles. The fraction of sp³-hybridized carbons (Fsp3) is 0.333. The maximum Gasteiger partial charge on any atom is 0.307 e. The maximum absolute atomic E-state index is 12.5.